The lowest BCUT2D eigenvalue weighted by atomic mass is 10.3. The highest BCUT2D eigenvalue weighted by atomic mass is 35.5. The molecule has 29 heavy (non-hydrogen) atoms. The molecule has 0 bridgehead atoms. The Morgan fingerprint density at radius 1 is 1.07 bits per heavy atom. The van der Waals surface area contributed by atoms with Crippen molar-refractivity contribution in [1.29, 1.82) is 0 Å². The van der Waals surface area contributed by atoms with Crippen molar-refractivity contribution in [2.24, 2.45) is 0 Å². The third-order valence-electron chi connectivity index (χ3n) is 3.86. The summed E-state index contributed by atoms with van der Waals surface area (Å²) in [6.07, 6.45) is 4.69. The molecule has 150 valence electrons. The molecule has 0 amide bonds. The van der Waals surface area contributed by atoms with Gasteiger partial charge >= 0.3 is 5.69 Å². The fourth-order valence-electron chi connectivity index (χ4n) is 2.41. The van der Waals surface area contributed by atoms with Crippen molar-refractivity contribution < 1.29 is 9.66 Å². The smallest absolute Gasteiger partial charge is 0.353 e. The van der Waals surface area contributed by atoms with Crippen LogP contribution in [-0.4, -0.2) is 26.5 Å². The van der Waals surface area contributed by atoms with Crippen LogP contribution in [0.5, 0.6) is 5.75 Å². The summed E-state index contributed by atoms with van der Waals surface area (Å²) in [6.45, 7) is 2.74. The molecule has 0 saturated carbocycles. The minimum absolute atomic E-state index is 0.0156. The number of rotatable bonds is 9. The Kier molecular flexibility index (Phi) is 6.75. The second-order valence-corrected chi connectivity index (χ2v) is 6.45. The summed E-state index contributed by atoms with van der Waals surface area (Å²) in [5, 5.41) is 17.9. The van der Waals surface area contributed by atoms with E-state index in [2.05, 4.69) is 32.5 Å². The van der Waals surface area contributed by atoms with Crippen molar-refractivity contribution >= 4 is 40.4 Å². The summed E-state index contributed by atoms with van der Waals surface area (Å²) in [5.41, 5.74) is 0.331. The Bertz CT molecular complexity index is 967. The molecule has 0 unspecified atom stereocenters. The van der Waals surface area contributed by atoms with Crippen molar-refractivity contribution in [2.45, 2.75) is 19.8 Å². The van der Waals surface area contributed by atoms with Crippen molar-refractivity contribution in [3.8, 4) is 5.75 Å². The molecule has 3 aromatic rings. The maximum absolute atomic E-state index is 11.7. The van der Waals surface area contributed by atoms with E-state index >= 15 is 0 Å². The molecule has 0 spiro atoms. The number of benzene rings is 1. The number of aromatic nitrogens is 3. The highest BCUT2D eigenvalue weighted by molar-refractivity contribution is 6.30. The average molecular weight is 415 g/mol. The molecule has 0 aliphatic heterocycles. The maximum Gasteiger partial charge on any atom is 0.353 e. The van der Waals surface area contributed by atoms with Crippen molar-refractivity contribution in [1.82, 2.24) is 15.0 Å². The Morgan fingerprint density at radius 2 is 1.79 bits per heavy atom. The summed E-state index contributed by atoms with van der Waals surface area (Å²) < 4.78 is 5.62. The molecular weight excluding hydrogens is 396 g/mol. The zero-order valence-electron chi connectivity index (χ0n) is 15.6. The third-order valence-corrected chi connectivity index (χ3v) is 4.09. The first-order valence-electron chi connectivity index (χ1n) is 8.94. The molecule has 10 heteroatoms. The summed E-state index contributed by atoms with van der Waals surface area (Å²) in [6, 6.07) is 10.3. The van der Waals surface area contributed by atoms with Crippen LogP contribution in [0.2, 0.25) is 5.02 Å². The van der Waals surface area contributed by atoms with E-state index in [9.17, 15) is 10.1 Å². The van der Waals surface area contributed by atoms with Gasteiger partial charge in [0.15, 0.2) is 0 Å². The largest absolute Gasteiger partial charge is 0.494 e. The second-order valence-electron chi connectivity index (χ2n) is 6.01. The zero-order chi connectivity index (χ0) is 20.6. The van der Waals surface area contributed by atoms with Crippen LogP contribution in [0.25, 0.3) is 0 Å². The van der Waals surface area contributed by atoms with E-state index in [1.165, 1.54) is 12.5 Å². The van der Waals surface area contributed by atoms with Gasteiger partial charge in [-0.15, -0.1) is 0 Å². The SMILES string of the molecule is CCCCOc1ccc(Nc2ncnc(Nc3ccc(Cl)cn3)c2[N+](=O)[O-])cc1. The summed E-state index contributed by atoms with van der Waals surface area (Å²) >= 11 is 5.82. The number of halogens is 1. The predicted octanol–water partition coefficient (Wildman–Crippen LogP) is 5.10. The van der Waals surface area contributed by atoms with Crippen LogP contribution in [0.1, 0.15) is 19.8 Å². The molecule has 0 atom stereocenters. The first kappa shape index (κ1) is 20.3. The molecule has 0 aliphatic carbocycles. The van der Waals surface area contributed by atoms with Gasteiger partial charge in [0.25, 0.3) is 0 Å². The lowest BCUT2D eigenvalue weighted by Crippen LogP contribution is -2.06. The van der Waals surface area contributed by atoms with Gasteiger partial charge in [-0.05, 0) is 42.8 Å². The monoisotopic (exact) mass is 414 g/mol. The van der Waals surface area contributed by atoms with Gasteiger partial charge in [0.05, 0.1) is 16.6 Å². The average Bonchev–Trinajstić information content (AvgIpc) is 2.71. The number of hydrogen-bond donors (Lipinski definition) is 2. The van der Waals surface area contributed by atoms with E-state index in [-0.39, 0.29) is 17.3 Å². The molecule has 0 fully saturated rings. The second kappa shape index (κ2) is 9.65. The standard InChI is InChI=1S/C19H19ClN6O3/c1-2-3-10-29-15-7-5-14(6-8-15)24-18-17(26(27)28)19(23-12-22-18)25-16-9-4-13(20)11-21-16/h4-9,11-12H,2-3,10H2,1H3,(H2,21,22,23,24,25). The molecule has 2 heterocycles. The Labute approximate surface area is 172 Å². The lowest BCUT2D eigenvalue weighted by molar-refractivity contribution is -0.383. The quantitative estimate of drug-likeness (QED) is 0.282. The van der Waals surface area contributed by atoms with E-state index in [0.717, 1.165) is 18.6 Å². The Balaban J connectivity index is 1.80. The summed E-state index contributed by atoms with van der Waals surface area (Å²) in [5.74, 6) is 1.18. The van der Waals surface area contributed by atoms with E-state index in [1.54, 1.807) is 36.4 Å². The number of hydrogen-bond acceptors (Lipinski definition) is 8. The van der Waals surface area contributed by atoms with Crippen LogP contribution in [-0.2, 0) is 0 Å². The third kappa shape index (κ3) is 5.52. The van der Waals surface area contributed by atoms with Gasteiger partial charge in [0.2, 0.25) is 11.6 Å². The highest BCUT2D eigenvalue weighted by Gasteiger charge is 2.23. The van der Waals surface area contributed by atoms with Crippen LogP contribution >= 0.6 is 11.6 Å². The first-order valence-corrected chi connectivity index (χ1v) is 9.32. The van der Waals surface area contributed by atoms with Crippen LogP contribution in [0, 0.1) is 10.1 Å². The Morgan fingerprint density at radius 3 is 2.41 bits per heavy atom. The minimum atomic E-state index is -0.553. The molecular formula is C19H19ClN6O3. The molecule has 2 aromatic heterocycles. The maximum atomic E-state index is 11.7. The van der Waals surface area contributed by atoms with Gasteiger partial charge in [-0.3, -0.25) is 10.1 Å². The number of nitrogens with zero attached hydrogens (tertiary/aromatic N) is 4. The van der Waals surface area contributed by atoms with E-state index in [0.29, 0.717) is 23.1 Å². The highest BCUT2D eigenvalue weighted by Crippen LogP contribution is 2.33. The van der Waals surface area contributed by atoms with Crippen molar-refractivity contribution in [3.63, 3.8) is 0 Å². The van der Waals surface area contributed by atoms with Crippen LogP contribution in [0.15, 0.2) is 48.9 Å². The van der Waals surface area contributed by atoms with Gasteiger partial charge in [-0.2, -0.15) is 0 Å². The fraction of sp³-hybridized carbons (Fsp3) is 0.211. The Hall–Kier alpha value is -3.46. The van der Waals surface area contributed by atoms with Gasteiger partial charge in [-0.1, -0.05) is 24.9 Å². The van der Waals surface area contributed by atoms with E-state index in [4.69, 9.17) is 16.3 Å². The van der Waals surface area contributed by atoms with E-state index < -0.39 is 4.92 Å². The normalized spacial score (nSPS) is 10.4. The summed E-state index contributed by atoms with van der Waals surface area (Å²) in [4.78, 5) is 23.2. The molecule has 2 N–H and O–H groups in total. The van der Waals surface area contributed by atoms with E-state index in [1.807, 2.05) is 0 Å². The van der Waals surface area contributed by atoms with Crippen LogP contribution < -0.4 is 15.4 Å². The van der Waals surface area contributed by atoms with Crippen molar-refractivity contribution in [3.05, 3.63) is 64.1 Å². The topological polar surface area (TPSA) is 115 Å². The summed E-state index contributed by atoms with van der Waals surface area (Å²) in [7, 11) is 0. The number of ether oxygens (including phenoxy) is 1. The fourth-order valence-corrected chi connectivity index (χ4v) is 2.52. The lowest BCUT2D eigenvalue weighted by Gasteiger charge is -2.10. The number of unbranched alkanes of at least 4 members (excludes halogenated alkanes) is 1. The molecule has 9 nitrogen and oxygen atoms in total. The first-order chi connectivity index (χ1) is 14.1. The van der Waals surface area contributed by atoms with Gasteiger partial charge < -0.3 is 15.4 Å². The number of nitro groups is 1. The number of anilines is 4. The molecule has 3 rings (SSSR count). The number of nitrogens with one attached hydrogen (secondary N) is 2. The van der Waals surface area contributed by atoms with Crippen LogP contribution in [0.3, 0.4) is 0 Å². The van der Waals surface area contributed by atoms with Gasteiger partial charge in [0.1, 0.15) is 17.9 Å². The zero-order valence-corrected chi connectivity index (χ0v) is 16.4. The van der Waals surface area contributed by atoms with Gasteiger partial charge in [0, 0.05) is 11.9 Å². The molecule has 1 aromatic carbocycles. The molecule has 0 radical (unpaired) electrons. The minimum Gasteiger partial charge on any atom is -0.494 e. The van der Waals surface area contributed by atoms with Crippen molar-refractivity contribution in [2.75, 3.05) is 17.2 Å². The molecule has 0 saturated heterocycles. The molecule has 0 aliphatic rings. The number of pyridine rings is 1. The predicted molar refractivity (Wildman–Crippen MR) is 111 cm³/mol. The van der Waals surface area contributed by atoms with Crippen LogP contribution in [0.4, 0.5) is 28.8 Å². The van der Waals surface area contributed by atoms with Gasteiger partial charge in [-0.25, -0.2) is 15.0 Å².